The Labute approximate surface area is 114 Å². The average Bonchev–Trinajstić information content (AvgIpc) is 2.41. The Kier molecular flexibility index (Phi) is 4.74. The molecule has 0 bridgehead atoms. The van der Waals surface area contributed by atoms with Gasteiger partial charge in [0.15, 0.2) is 0 Å². The summed E-state index contributed by atoms with van der Waals surface area (Å²) in [7, 11) is 0. The zero-order valence-corrected chi connectivity index (χ0v) is 11.7. The van der Waals surface area contributed by atoms with Gasteiger partial charge in [0.1, 0.15) is 0 Å². The topological polar surface area (TPSA) is 34.0 Å². The zero-order chi connectivity index (χ0) is 13.7. The van der Waals surface area contributed by atoms with Crippen LogP contribution in [0.2, 0.25) is 0 Å². The van der Waals surface area contributed by atoms with Crippen molar-refractivity contribution in [3.63, 3.8) is 0 Å². The molecule has 0 fully saturated rings. The molecule has 0 amide bonds. The summed E-state index contributed by atoms with van der Waals surface area (Å²) in [6.45, 7) is 7.01. The standard InChI is InChI=1S/C16H22N2O/c1-13(2)7-9-17-10-12-18-11-8-14-5-3-4-6-15(14)16(18)19/h3-6,8,11,13,17H,7,9-10,12H2,1-2H3. The Hall–Kier alpha value is -1.61. The Morgan fingerprint density at radius 2 is 1.95 bits per heavy atom. The first-order valence-corrected chi connectivity index (χ1v) is 6.97. The van der Waals surface area contributed by atoms with Gasteiger partial charge in [0.25, 0.3) is 5.56 Å². The van der Waals surface area contributed by atoms with Crippen LogP contribution in [0.5, 0.6) is 0 Å². The summed E-state index contributed by atoms with van der Waals surface area (Å²) in [5, 5.41) is 5.19. The molecule has 0 radical (unpaired) electrons. The van der Waals surface area contributed by atoms with E-state index in [-0.39, 0.29) is 5.56 Å². The third kappa shape index (κ3) is 3.67. The largest absolute Gasteiger partial charge is 0.315 e. The third-order valence-electron chi connectivity index (χ3n) is 3.31. The van der Waals surface area contributed by atoms with Crippen LogP contribution < -0.4 is 10.9 Å². The first-order chi connectivity index (χ1) is 9.18. The predicted molar refractivity (Wildman–Crippen MR) is 80.5 cm³/mol. The van der Waals surface area contributed by atoms with Crippen LogP contribution >= 0.6 is 0 Å². The summed E-state index contributed by atoms with van der Waals surface area (Å²) in [6.07, 6.45) is 3.06. The summed E-state index contributed by atoms with van der Waals surface area (Å²) < 4.78 is 1.78. The molecule has 0 saturated carbocycles. The molecule has 0 aliphatic rings. The minimum Gasteiger partial charge on any atom is -0.315 e. The molecule has 102 valence electrons. The smallest absolute Gasteiger partial charge is 0.258 e. The first-order valence-electron chi connectivity index (χ1n) is 6.97. The lowest BCUT2D eigenvalue weighted by Gasteiger charge is -2.09. The van der Waals surface area contributed by atoms with Crippen molar-refractivity contribution in [2.24, 2.45) is 5.92 Å². The highest BCUT2D eigenvalue weighted by Gasteiger charge is 2.01. The molecular weight excluding hydrogens is 236 g/mol. The van der Waals surface area contributed by atoms with E-state index in [1.165, 1.54) is 6.42 Å². The predicted octanol–water partition coefficient (Wildman–Crippen LogP) is 2.64. The normalized spacial score (nSPS) is 11.3. The van der Waals surface area contributed by atoms with Crippen LogP contribution in [0.15, 0.2) is 41.3 Å². The van der Waals surface area contributed by atoms with Crippen molar-refractivity contribution in [1.82, 2.24) is 9.88 Å². The maximum Gasteiger partial charge on any atom is 0.258 e. The number of pyridine rings is 1. The highest BCUT2D eigenvalue weighted by atomic mass is 16.1. The van der Waals surface area contributed by atoms with Crippen molar-refractivity contribution < 1.29 is 0 Å². The van der Waals surface area contributed by atoms with Crippen LogP contribution in [-0.4, -0.2) is 17.7 Å². The average molecular weight is 258 g/mol. The van der Waals surface area contributed by atoms with Gasteiger partial charge in [-0.15, -0.1) is 0 Å². The summed E-state index contributed by atoms with van der Waals surface area (Å²) in [4.78, 5) is 12.2. The molecule has 0 spiro atoms. The number of hydrogen-bond donors (Lipinski definition) is 1. The van der Waals surface area contributed by atoms with Crippen LogP contribution in [0, 0.1) is 5.92 Å². The summed E-state index contributed by atoms with van der Waals surface area (Å²) in [5.74, 6) is 0.718. The van der Waals surface area contributed by atoms with Gasteiger partial charge in [0.05, 0.1) is 0 Å². The van der Waals surface area contributed by atoms with Gasteiger partial charge in [0, 0.05) is 24.7 Å². The first kappa shape index (κ1) is 13.8. The Bertz CT molecular complexity index is 587. The number of benzene rings is 1. The lowest BCUT2D eigenvalue weighted by Crippen LogP contribution is -2.27. The van der Waals surface area contributed by atoms with Crippen LogP contribution in [0.3, 0.4) is 0 Å². The Morgan fingerprint density at radius 3 is 2.74 bits per heavy atom. The fraction of sp³-hybridized carbons (Fsp3) is 0.438. The Balaban J connectivity index is 1.98. The molecule has 0 unspecified atom stereocenters. The van der Waals surface area contributed by atoms with E-state index < -0.39 is 0 Å². The van der Waals surface area contributed by atoms with Crippen molar-refractivity contribution in [1.29, 1.82) is 0 Å². The molecule has 3 nitrogen and oxygen atoms in total. The maximum absolute atomic E-state index is 12.2. The maximum atomic E-state index is 12.2. The van der Waals surface area contributed by atoms with E-state index in [1.54, 1.807) is 4.57 Å². The van der Waals surface area contributed by atoms with E-state index in [2.05, 4.69) is 19.2 Å². The van der Waals surface area contributed by atoms with Crippen molar-refractivity contribution in [2.45, 2.75) is 26.8 Å². The molecule has 1 N–H and O–H groups in total. The highest BCUT2D eigenvalue weighted by molar-refractivity contribution is 5.81. The van der Waals surface area contributed by atoms with Crippen molar-refractivity contribution >= 4 is 10.8 Å². The van der Waals surface area contributed by atoms with Gasteiger partial charge in [-0.3, -0.25) is 4.79 Å². The lowest BCUT2D eigenvalue weighted by molar-refractivity contribution is 0.517. The minimum absolute atomic E-state index is 0.101. The molecule has 0 aliphatic heterocycles. The molecule has 0 aliphatic carbocycles. The number of rotatable bonds is 6. The van der Waals surface area contributed by atoms with Gasteiger partial charge in [-0.1, -0.05) is 32.0 Å². The quantitative estimate of drug-likeness (QED) is 0.808. The van der Waals surface area contributed by atoms with Gasteiger partial charge in [0.2, 0.25) is 0 Å². The molecule has 1 aromatic carbocycles. The van der Waals surface area contributed by atoms with Crippen molar-refractivity contribution in [3.8, 4) is 0 Å². The lowest BCUT2D eigenvalue weighted by atomic mass is 10.1. The second kappa shape index (κ2) is 6.53. The number of nitrogens with one attached hydrogen (secondary N) is 1. The van der Waals surface area contributed by atoms with Crippen LogP contribution in [-0.2, 0) is 6.54 Å². The van der Waals surface area contributed by atoms with Crippen LogP contribution in [0.1, 0.15) is 20.3 Å². The summed E-state index contributed by atoms with van der Waals surface area (Å²) in [5.41, 5.74) is 0.101. The molecule has 2 rings (SSSR count). The molecule has 0 saturated heterocycles. The Morgan fingerprint density at radius 1 is 1.16 bits per heavy atom. The molecule has 0 atom stereocenters. The second-order valence-corrected chi connectivity index (χ2v) is 5.33. The van der Waals surface area contributed by atoms with E-state index in [1.807, 2.05) is 36.5 Å². The molecule has 1 aromatic heterocycles. The molecule has 3 heteroatoms. The van der Waals surface area contributed by atoms with Crippen LogP contribution in [0.4, 0.5) is 0 Å². The summed E-state index contributed by atoms with van der Waals surface area (Å²) >= 11 is 0. The number of hydrogen-bond acceptors (Lipinski definition) is 2. The van der Waals surface area contributed by atoms with E-state index in [0.29, 0.717) is 0 Å². The third-order valence-corrected chi connectivity index (χ3v) is 3.31. The van der Waals surface area contributed by atoms with Gasteiger partial charge in [-0.2, -0.15) is 0 Å². The fourth-order valence-electron chi connectivity index (χ4n) is 2.12. The van der Waals surface area contributed by atoms with Crippen LogP contribution in [0.25, 0.3) is 10.8 Å². The van der Waals surface area contributed by atoms with E-state index in [0.717, 1.165) is 36.3 Å². The van der Waals surface area contributed by atoms with Gasteiger partial charge in [-0.05, 0) is 36.4 Å². The fourth-order valence-corrected chi connectivity index (χ4v) is 2.12. The minimum atomic E-state index is 0.101. The molecule has 19 heavy (non-hydrogen) atoms. The van der Waals surface area contributed by atoms with Gasteiger partial charge in [-0.25, -0.2) is 0 Å². The van der Waals surface area contributed by atoms with Crippen molar-refractivity contribution in [2.75, 3.05) is 13.1 Å². The monoisotopic (exact) mass is 258 g/mol. The second-order valence-electron chi connectivity index (χ2n) is 5.33. The van der Waals surface area contributed by atoms with E-state index >= 15 is 0 Å². The zero-order valence-electron chi connectivity index (χ0n) is 11.7. The number of nitrogens with zero attached hydrogens (tertiary/aromatic N) is 1. The number of fused-ring (bicyclic) bond motifs is 1. The van der Waals surface area contributed by atoms with Gasteiger partial charge < -0.3 is 9.88 Å². The highest BCUT2D eigenvalue weighted by Crippen LogP contribution is 2.07. The molecule has 2 aromatic rings. The van der Waals surface area contributed by atoms with E-state index in [9.17, 15) is 4.79 Å². The number of aromatic nitrogens is 1. The SMILES string of the molecule is CC(C)CCNCCn1ccc2ccccc2c1=O. The molecular formula is C16H22N2O. The summed E-state index contributed by atoms with van der Waals surface area (Å²) in [6, 6.07) is 9.74. The van der Waals surface area contributed by atoms with Crippen molar-refractivity contribution in [3.05, 3.63) is 46.9 Å². The molecule has 1 heterocycles. The van der Waals surface area contributed by atoms with E-state index in [4.69, 9.17) is 0 Å². The van der Waals surface area contributed by atoms with Gasteiger partial charge >= 0.3 is 0 Å².